The topological polar surface area (TPSA) is 70.8 Å². The lowest BCUT2D eigenvalue weighted by Crippen LogP contribution is -2.40. The molecule has 0 N–H and O–H groups in total. The van der Waals surface area contributed by atoms with Crippen LogP contribution in [0.25, 0.3) is 11.0 Å². The van der Waals surface area contributed by atoms with Gasteiger partial charge in [0.25, 0.3) is 5.91 Å². The second-order valence-corrected chi connectivity index (χ2v) is 11.3. The standard InChI is InChI=1S/C25H30N2O4S/c1-16-12-17(2)23-22(13-16)18(3)24(31-23)25(28)27(21-10-11-32(29,30)15-21)14-19-6-8-20(9-7-19)26(4)5/h6-9,12-13,21H,10-11,14-15H2,1-5H3/t21-/m1/s1. The average Bonchev–Trinajstić information content (AvgIpc) is 3.25. The van der Waals surface area contributed by atoms with Crippen molar-refractivity contribution in [3.05, 3.63) is 64.4 Å². The van der Waals surface area contributed by atoms with Crippen LogP contribution in [0.1, 0.15) is 39.2 Å². The van der Waals surface area contributed by atoms with Crippen molar-refractivity contribution in [2.45, 2.75) is 39.8 Å². The van der Waals surface area contributed by atoms with Gasteiger partial charge < -0.3 is 14.2 Å². The van der Waals surface area contributed by atoms with E-state index in [9.17, 15) is 13.2 Å². The van der Waals surface area contributed by atoms with E-state index in [1.165, 1.54) is 0 Å². The number of hydrogen-bond acceptors (Lipinski definition) is 5. The van der Waals surface area contributed by atoms with Gasteiger partial charge in [-0.3, -0.25) is 4.79 Å². The van der Waals surface area contributed by atoms with Gasteiger partial charge in [-0.25, -0.2) is 8.42 Å². The molecule has 6 nitrogen and oxygen atoms in total. The van der Waals surface area contributed by atoms with Crippen molar-refractivity contribution in [2.24, 2.45) is 0 Å². The predicted molar refractivity (Wildman–Crippen MR) is 128 cm³/mol. The number of sulfone groups is 1. The van der Waals surface area contributed by atoms with Gasteiger partial charge in [0.1, 0.15) is 5.58 Å². The lowest BCUT2D eigenvalue weighted by Gasteiger charge is -2.28. The minimum atomic E-state index is -3.14. The first kappa shape index (κ1) is 22.4. The van der Waals surface area contributed by atoms with E-state index in [2.05, 4.69) is 0 Å². The molecule has 0 radical (unpaired) electrons. The van der Waals surface area contributed by atoms with E-state index < -0.39 is 9.84 Å². The minimum Gasteiger partial charge on any atom is -0.450 e. The highest BCUT2D eigenvalue weighted by Crippen LogP contribution is 2.32. The molecule has 0 bridgehead atoms. The molecule has 0 saturated carbocycles. The number of benzene rings is 2. The van der Waals surface area contributed by atoms with Crippen LogP contribution < -0.4 is 4.90 Å². The number of hydrogen-bond donors (Lipinski definition) is 0. The number of carbonyl (C=O) groups excluding carboxylic acids is 1. The Morgan fingerprint density at radius 1 is 1.09 bits per heavy atom. The second kappa shape index (κ2) is 8.28. The summed E-state index contributed by atoms with van der Waals surface area (Å²) in [7, 11) is 0.804. The van der Waals surface area contributed by atoms with Crippen molar-refractivity contribution >= 4 is 32.4 Å². The maximum atomic E-state index is 13.7. The molecular formula is C25H30N2O4S. The molecular weight excluding hydrogens is 424 g/mol. The van der Waals surface area contributed by atoms with Gasteiger partial charge in [-0.05, 0) is 62.1 Å². The molecule has 0 aliphatic carbocycles. The van der Waals surface area contributed by atoms with E-state index in [0.29, 0.717) is 24.3 Å². The molecule has 3 aromatic rings. The van der Waals surface area contributed by atoms with Crippen molar-refractivity contribution in [1.29, 1.82) is 0 Å². The Hall–Kier alpha value is -2.80. The van der Waals surface area contributed by atoms with Gasteiger partial charge in [0.15, 0.2) is 15.6 Å². The lowest BCUT2D eigenvalue weighted by atomic mass is 10.0. The van der Waals surface area contributed by atoms with Crippen molar-refractivity contribution in [2.75, 3.05) is 30.5 Å². The van der Waals surface area contributed by atoms with E-state index in [-0.39, 0.29) is 23.5 Å². The first-order chi connectivity index (χ1) is 15.1. The maximum Gasteiger partial charge on any atom is 0.290 e. The third-order valence-corrected chi connectivity index (χ3v) is 8.03. The van der Waals surface area contributed by atoms with Crippen LogP contribution in [-0.2, 0) is 16.4 Å². The Kier molecular flexibility index (Phi) is 5.79. The first-order valence-electron chi connectivity index (χ1n) is 10.8. The zero-order chi connectivity index (χ0) is 23.2. The van der Waals surface area contributed by atoms with Crippen LogP contribution in [0.3, 0.4) is 0 Å². The molecule has 1 aliphatic heterocycles. The van der Waals surface area contributed by atoms with Crippen molar-refractivity contribution < 1.29 is 17.6 Å². The van der Waals surface area contributed by atoms with Crippen molar-refractivity contribution in [3.8, 4) is 0 Å². The SMILES string of the molecule is Cc1cc(C)c2oc(C(=O)N(Cc3ccc(N(C)C)cc3)[C@@H]3CCS(=O)(=O)C3)c(C)c2c1. The largest absolute Gasteiger partial charge is 0.450 e. The fourth-order valence-corrected chi connectivity index (χ4v) is 6.22. The summed E-state index contributed by atoms with van der Waals surface area (Å²) >= 11 is 0. The molecule has 7 heteroatoms. The quantitative estimate of drug-likeness (QED) is 0.576. The Morgan fingerprint density at radius 2 is 1.78 bits per heavy atom. The third-order valence-electron chi connectivity index (χ3n) is 6.28. The maximum absolute atomic E-state index is 13.7. The molecule has 1 fully saturated rings. The summed E-state index contributed by atoms with van der Waals surface area (Å²) in [4.78, 5) is 17.4. The number of furan rings is 1. The summed E-state index contributed by atoms with van der Waals surface area (Å²) in [6, 6.07) is 11.7. The van der Waals surface area contributed by atoms with Gasteiger partial charge in [-0.1, -0.05) is 18.2 Å². The van der Waals surface area contributed by atoms with Crippen LogP contribution >= 0.6 is 0 Å². The Balaban J connectivity index is 1.73. The Labute approximate surface area is 189 Å². The van der Waals surface area contributed by atoms with Crippen molar-refractivity contribution in [1.82, 2.24) is 4.90 Å². The summed E-state index contributed by atoms with van der Waals surface area (Å²) in [5.74, 6) is 0.141. The van der Waals surface area contributed by atoms with Crippen LogP contribution in [0, 0.1) is 20.8 Å². The fraction of sp³-hybridized carbons (Fsp3) is 0.400. The number of nitrogens with zero attached hydrogens (tertiary/aromatic N) is 2. The predicted octanol–water partition coefficient (Wildman–Crippen LogP) is 4.25. The number of anilines is 1. The highest BCUT2D eigenvalue weighted by molar-refractivity contribution is 7.91. The monoisotopic (exact) mass is 454 g/mol. The fourth-order valence-electron chi connectivity index (χ4n) is 4.49. The molecule has 1 saturated heterocycles. The summed E-state index contributed by atoms with van der Waals surface area (Å²) in [5, 5.41) is 0.931. The van der Waals surface area contributed by atoms with Gasteiger partial charge >= 0.3 is 0 Å². The zero-order valence-corrected chi connectivity index (χ0v) is 20.1. The van der Waals surface area contributed by atoms with E-state index >= 15 is 0 Å². The molecule has 1 aromatic heterocycles. The number of amides is 1. The van der Waals surface area contributed by atoms with Gasteiger partial charge in [0, 0.05) is 43.3 Å². The molecule has 1 amide bonds. The number of fused-ring (bicyclic) bond motifs is 1. The van der Waals surface area contributed by atoms with E-state index in [4.69, 9.17) is 4.42 Å². The Bertz CT molecular complexity index is 1270. The number of aryl methyl sites for hydroxylation is 3. The normalized spacial score (nSPS) is 17.6. The summed E-state index contributed by atoms with van der Waals surface area (Å²) < 4.78 is 30.5. The third kappa shape index (κ3) is 4.26. The molecule has 1 aliphatic rings. The smallest absolute Gasteiger partial charge is 0.290 e. The van der Waals surface area contributed by atoms with Crippen molar-refractivity contribution in [3.63, 3.8) is 0 Å². The van der Waals surface area contributed by atoms with Gasteiger partial charge in [-0.2, -0.15) is 0 Å². The van der Waals surface area contributed by atoms with E-state index in [0.717, 1.165) is 33.3 Å². The number of rotatable bonds is 5. The Morgan fingerprint density at radius 3 is 2.38 bits per heavy atom. The molecule has 0 unspecified atom stereocenters. The second-order valence-electron chi connectivity index (χ2n) is 9.07. The summed E-state index contributed by atoms with van der Waals surface area (Å²) in [5.41, 5.74) is 5.62. The number of carbonyl (C=O) groups is 1. The molecule has 32 heavy (non-hydrogen) atoms. The average molecular weight is 455 g/mol. The first-order valence-corrected chi connectivity index (χ1v) is 12.7. The van der Waals surface area contributed by atoms with Gasteiger partial charge in [-0.15, -0.1) is 0 Å². The minimum absolute atomic E-state index is 0.00800. The van der Waals surface area contributed by atoms with E-state index in [1.54, 1.807) is 4.90 Å². The molecule has 4 rings (SSSR count). The highest BCUT2D eigenvalue weighted by atomic mass is 32.2. The molecule has 1 atom stereocenters. The van der Waals surface area contributed by atoms with Crippen LogP contribution in [-0.4, -0.2) is 50.9 Å². The molecule has 2 heterocycles. The van der Waals surface area contributed by atoms with Crippen LogP contribution in [0.2, 0.25) is 0 Å². The van der Waals surface area contributed by atoms with Gasteiger partial charge in [0.05, 0.1) is 11.5 Å². The van der Waals surface area contributed by atoms with Crippen LogP contribution in [0.15, 0.2) is 40.8 Å². The molecule has 170 valence electrons. The van der Waals surface area contributed by atoms with Gasteiger partial charge in [0.2, 0.25) is 0 Å². The highest BCUT2D eigenvalue weighted by Gasteiger charge is 2.36. The van der Waals surface area contributed by atoms with E-state index in [1.807, 2.05) is 76.2 Å². The van der Waals surface area contributed by atoms with Crippen LogP contribution in [0.4, 0.5) is 5.69 Å². The summed E-state index contributed by atoms with van der Waals surface area (Å²) in [6.07, 6.45) is 0.446. The van der Waals surface area contributed by atoms with Crippen LogP contribution in [0.5, 0.6) is 0 Å². The molecule has 0 spiro atoms. The zero-order valence-electron chi connectivity index (χ0n) is 19.3. The lowest BCUT2D eigenvalue weighted by molar-refractivity contribution is 0.0649. The molecule has 2 aromatic carbocycles. The summed E-state index contributed by atoms with van der Waals surface area (Å²) in [6.45, 7) is 6.22.